The Morgan fingerprint density at radius 3 is 2.53 bits per heavy atom. The van der Waals surface area contributed by atoms with Crippen molar-refractivity contribution in [1.29, 1.82) is 0 Å². The molecule has 0 spiro atoms. The number of nitrogens with one attached hydrogen (secondary N) is 1. The zero-order valence-corrected chi connectivity index (χ0v) is 18.4. The van der Waals surface area contributed by atoms with Crippen molar-refractivity contribution in [2.45, 2.75) is 43.8 Å². The van der Waals surface area contributed by atoms with Crippen LogP contribution < -0.4 is 4.72 Å². The molecule has 1 saturated carbocycles. The summed E-state index contributed by atoms with van der Waals surface area (Å²) in [5.41, 5.74) is 3.00. The largest absolute Gasteiger partial charge is 0.331 e. The number of sulfonamides is 1. The molecule has 1 aliphatic rings. The number of thiophene rings is 1. The van der Waals surface area contributed by atoms with Crippen molar-refractivity contribution in [2.75, 3.05) is 0 Å². The van der Waals surface area contributed by atoms with E-state index in [0.29, 0.717) is 17.7 Å². The Morgan fingerprint density at radius 2 is 1.87 bits per heavy atom. The van der Waals surface area contributed by atoms with Crippen molar-refractivity contribution < 1.29 is 13.2 Å². The SMILES string of the molecule is Cc1ccc(C(=O)N(Cc2ccsc2)C2CC2)cc1S(=O)(=O)NCc1ccccc1. The Labute approximate surface area is 181 Å². The van der Waals surface area contributed by atoms with Crippen LogP contribution in [-0.2, 0) is 23.1 Å². The number of aryl methyl sites for hydroxylation is 1. The molecule has 7 heteroatoms. The predicted octanol–water partition coefficient (Wildman–Crippen LogP) is 4.34. The van der Waals surface area contributed by atoms with Gasteiger partial charge in [-0.2, -0.15) is 11.3 Å². The number of carbonyl (C=O) groups is 1. The molecule has 0 unspecified atom stereocenters. The van der Waals surface area contributed by atoms with Crippen LogP contribution in [0.3, 0.4) is 0 Å². The lowest BCUT2D eigenvalue weighted by atomic mass is 10.1. The number of hydrogen-bond donors (Lipinski definition) is 1. The summed E-state index contributed by atoms with van der Waals surface area (Å²) in [7, 11) is -3.74. The number of benzene rings is 2. The van der Waals surface area contributed by atoms with Crippen LogP contribution in [0.25, 0.3) is 0 Å². The third-order valence-electron chi connectivity index (χ3n) is 5.22. The maximum absolute atomic E-state index is 13.2. The molecule has 156 valence electrons. The van der Waals surface area contributed by atoms with E-state index in [-0.39, 0.29) is 23.4 Å². The lowest BCUT2D eigenvalue weighted by molar-refractivity contribution is 0.0730. The van der Waals surface area contributed by atoms with Crippen LogP contribution in [0.15, 0.2) is 70.3 Å². The van der Waals surface area contributed by atoms with Gasteiger partial charge in [0.05, 0.1) is 4.90 Å². The van der Waals surface area contributed by atoms with Gasteiger partial charge in [0.2, 0.25) is 10.0 Å². The molecule has 1 fully saturated rings. The van der Waals surface area contributed by atoms with Gasteiger partial charge in [0, 0.05) is 24.7 Å². The second-order valence-electron chi connectivity index (χ2n) is 7.59. The molecular formula is C23H24N2O3S2. The highest BCUT2D eigenvalue weighted by atomic mass is 32.2. The van der Waals surface area contributed by atoms with Crippen molar-refractivity contribution in [3.63, 3.8) is 0 Å². The predicted molar refractivity (Wildman–Crippen MR) is 119 cm³/mol. The average Bonchev–Trinajstić information content (AvgIpc) is 3.46. The van der Waals surface area contributed by atoms with E-state index in [9.17, 15) is 13.2 Å². The van der Waals surface area contributed by atoms with Crippen LogP contribution in [0, 0.1) is 6.92 Å². The van der Waals surface area contributed by atoms with E-state index < -0.39 is 10.0 Å². The maximum atomic E-state index is 13.2. The van der Waals surface area contributed by atoms with Crippen LogP contribution >= 0.6 is 11.3 Å². The fourth-order valence-corrected chi connectivity index (χ4v) is 5.32. The summed E-state index contributed by atoms with van der Waals surface area (Å²) in [6.45, 7) is 2.50. The minimum absolute atomic E-state index is 0.122. The summed E-state index contributed by atoms with van der Waals surface area (Å²) in [6, 6.07) is 16.5. The summed E-state index contributed by atoms with van der Waals surface area (Å²) in [5, 5.41) is 4.04. The van der Waals surface area contributed by atoms with Gasteiger partial charge in [-0.15, -0.1) is 0 Å². The Morgan fingerprint density at radius 1 is 1.10 bits per heavy atom. The van der Waals surface area contributed by atoms with Gasteiger partial charge < -0.3 is 4.90 Å². The zero-order chi connectivity index (χ0) is 21.1. The van der Waals surface area contributed by atoms with Gasteiger partial charge in [0.25, 0.3) is 5.91 Å². The Hall–Kier alpha value is -2.48. The molecule has 5 nitrogen and oxygen atoms in total. The highest BCUT2D eigenvalue weighted by Crippen LogP contribution is 2.31. The highest BCUT2D eigenvalue weighted by molar-refractivity contribution is 7.89. The molecule has 1 heterocycles. The fraction of sp³-hybridized carbons (Fsp3) is 0.261. The number of nitrogens with zero attached hydrogens (tertiary/aromatic N) is 1. The van der Waals surface area contributed by atoms with Crippen molar-refractivity contribution in [1.82, 2.24) is 9.62 Å². The second kappa shape index (κ2) is 8.71. The van der Waals surface area contributed by atoms with Gasteiger partial charge in [-0.3, -0.25) is 4.79 Å². The number of carbonyl (C=O) groups excluding carboxylic acids is 1. The summed E-state index contributed by atoms with van der Waals surface area (Å²) in [4.78, 5) is 15.2. The van der Waals surface area contributed by atoms with E-state index in [4.69, 9.17) is 0 Å². The molecule has 4 rings (SSSR count). The summed E-state index contributed by atoms with van der Waals surface area (Å²) in [5.74, 6) is -0.122. The van der Waals surface area contributed by atoms with Crippen LogP contribution in [0.1, 0.15) is 39.9 Å². The molecule has 1 aliphatic carbocycles. The van der Waals surface area contributed by atoms with Crippen LogP contribution in [0.2, 0.25) is 0 Å². The molecule has 0 aliphatic heterocycles. The molecule has 30 heavy (non-hydrogen) atoms. The molecule has 0 radical (unpaired) electrons. The number of rotatable bonds is 8. The number of amides is 1. The standard InChI is InChI=1S/C23H24N2O3S2/c1-17-7-8-20(23(26)25(21-9-10-21)15-19-11-12-29-16-19)13-22(17)30(27,28)24-14-18-5-3-2-4-6-18/h2-8,11-13,16,21,24H,9-10,14-15H2,1H3. The first-order valence-corrected chi connectivity index (χ1v) is 12.3. The van der Waals surface area contributed by atoms with Gasteiger partial charge in [0.15, 0.2) is 0 Å². The van der Waals surface area contributed by atoms with Gasteiger partial charge in [-0.1, -0.05) is 36.4 Å². The zero-order valence-electron chi connectivity index (χ0n) is 16.7. The monoisotopic (exact) mass is 440 g/mol. The molecule has 2 aromatic carbocycles. The van der Waals surface area contributed by atoms with Crippen molar-refractivity contribution >= 4 is 27.3 Å². The van der Waals surface area contributed by atoms with Gasteiger partial charge in [-0.25, -0.2) is 13.1 Å². The Kier molecular flexibility index (Phi) is 6.04. The average molecular weight is 441 g/mol. The summed E-state index contributed by atoms with van der Waals surface area (Å²) < 4.78 is 28.5. The quantitative estimate of drug-likeness (QED) is 0.567. The van der Waals surface area contributed by atoms with Gasteiger partial charge >= 0.3 is 0 Å². The number of hydrogen-bond acceptors (Lipinski definition) is 4. The molecule has 0 atom stereocenters. The van der Waals surface area contributed by atoms with Crippen molar-refractivity contribution in [2.24, 2.45) is 0 Å². The highest BCUT2D eigenvalue weighted by Gasteiger charge is 2.33. The molecule has 1 aromatic heterocycles. The molecule has 1 amide bonds. The van der Waals surface area contributed by atoms with Crippen molar-refractivity contribution in [3.8, 4) is 0 Å². The van der Waals surface area contributed by atoms with E-state index in [1.807, 2.05) is 52.1 Å². The van der Waals surface area contributed by atoms with Crippen molar-refractivity contribution in [3.05, 3.63) is 87.6 Å². The molecular weight excluding hydrogens is 416 g/mol. The normalized spacial score (nSPS) is 13.9. The van der Waals surface area contributed by atoms with Crippen LogP contribution in [0.4, 0.5) is 0 Å². The first kappa shape index (κ1) is 20.8. The second-order valence-corrected chi connectivity index (χ2v) is 10.1. The first-order valence-electron chi connectivity index (χ1n) is 9.90. The fourth-order valence-electron chi connectivity index (χ4n) is 3.37. The molecule has 3 aromatic rings. The third-order valence-corrected chi connectivity index (χ3v) is 7.49. The van der Waals surface area contributed by atoms with E-state index in [1.165, 1.54) is 6.07 Å². The summed E-state index contributed by atoms with van der Waals surface area (Å²) >= 11 is 1.61. The molecule has 0 bridgehead atoms. The van der Waals surface area contributed by atoms with E-state index in [2.05, 4.69) is 4.72 Å². The third kappa shape index (κ3) is 4.80. The van der Waals surface area contributed by atoms with Gasteiger partial charge in [0.1, 0.15) is 0 Å². The van der Waals surface area contributed by atoms with Crippen LogP contribution in [-0.4, -0.2) is 25.3 Å². The molecule has 0 saturated heterocycles. The first-order chi connectivity index (χ1) is 14.4. The lowest BCUT2D eigenvalue weighted by Gasteiger charge is -2.22. The smallest absolute Gasteiger partial charge is 0.254 e. The topological polar surface area (TPSA) is 66.5 Å². The lowest BCUT2D eigenvalue weighted by Crippen LogP contribution is -2.33. The Bertz CT molecular complexity index is 1120. The van der Waals surface area contributed by atoms with Crippen LogP contribution in [0.5, 0.6) is 0 Å². The molecule has 1 N–H and O–H groups in total. The van der Waals surface area contributed by atoms with E-state index in [1.54, 1.807) is 30.4 Å². The summed E-state index contributed by atoms with van der Waals surface area (Å²) in [6.07, 6.45) is 1.98. The maximum Gasteiger partial charge on any atom is 0.254 e. The minimum atomic E-state index is -3.74. The minimum Gasteiger partial charge on any atom is -0.331 e. The Balaban J connectivity index is 1.56. The van der Waals surface area contributed by atoms with E-state index >= 15 is 0 Å². The van der Waals surface area contributed by atoms with Gasteiger partial charge in [-0.05, 0) is 65.4 Å². The van der Waals surface area contributed by atoms with E-state index in [0.717, 1.165) is 24.0 Å².